The number of aryl methyl sites for hydroxylation is 1. The van der Waals surface area contributed by atoms with E-state index >= 15 is 0 Å². The number of nitrogens with zero attached hydrogens (tertiary/aromatic N) is 5. The van der Waals surface area contributed by atoms with Gasteiger partial charge in [0, 0.05) is 26.0 Å². The van der Waals surface area contributed by atoms with Gasteiger partial charge >= 0.3 is 0 Å². The third kappa shape index (κ3) is 3.26. The Kier molecular flexibility index (Phi) is 4.04. The number of likely N-dealkylation sites (N-methyl/N-ethyl adjacent to an activating group) is 1. The average Bonchev–Trinajstić information content (AvgIpc) is 2.46. The Morgan fingerprint density at radius 2 is 2.05 bits per heavy atom. The second-order valence-electron chi connectivity index (χ2n) is 4.29. The number of rotatable bonds is 4. The van der Waals surface area contributed by atoms with Crippen LogP contribution in [0.2, 0.25) is 0 Å². The molecule has 0 spiro atoms. The maximum Gasteiger partial charge on any atom is 0.150 e. The Bertz CT molecular complexity index is 589. The van der Waals surface area contributed by atoms with Gasteiger partial charge in [-0.2, -0.15) is 5.26 Å². The number of anilines is 1. The summed E-state index contributed by atoms with van der Waals surface area (Å²) in [5, 5.41) is 9.08. The van der Waals surface area contributed by atoms with E-state index < -0.39 is 0 Å². The van der Waals surface area contributed by atoms with Crippen LogP contribution >= 0.6 is 0 Å². The van der Waals surface area contributed by atoms with Crippen molar-refractivity contribution in [1.82, 2.24) is 15.0 Å². The maximum atomic E-state index is 9.08. The lowest BCUT2D eigenvalue weighted by Crippen LogP contribution is -2.23. The summed E-state index contributed by atoms with van der Waals surface area (Å²) in [6, 6.07) is 6.11. The van der Waals surface area contributed by atoms with Crippen molar-refractivity contribution in [3.8, 4) is 6.07 Å². The van der Waals surface area contributed by atoms with E-state index in [4.69, 9.17) is 5.26 Å². The van der Waals surface area contributed by atoms with Gasteiger partial charge in [-0.15, -0.1) is 0 Å². The molecule has 96 valence electrons. The van der Waals surface area contributed by atoms with Crippen LogP contribution in [-0.4, -0.2) is 28.5 Å². The van der Waals surface area contributed by atoms with Crippen molar-refractivity contribution in [1.29, 1.82) is 5.26 Å². The molecule has 0 aliphatic carbocycles. The number of pyridine rings is 1. The summed E-state index contributed by atoms with van der Waals surface area (Å²) >= 11 is 0. The first kappa shape index (κ1) is 13.0. The van der Waals surface area contributed by atoms with Crippen LogP contribution in [0.5, 0.6) is 0 Å². The van der Waals surface area contributed by atoms with E-state index in [-0.39, 0.29) is 0 Å². The zero-order valence-corrected chi connectivity index (χ0v) is 11.0. The van der Waals surface area contributed by atoms with Crippen molar-refractivity contribution in [2.24, 2.45) is 0 Å². The third-order valence-electron chi connectivity index (χ3n) is 2.86. The van der Waals surface area contributed by atoms with Gasteiger partial charge in [-0.05, 0) is 31.0 Å². The second-order valence-corrected chi connectivity index (χ2v) is 4.29. The first-order chi connectivity index (χ1) is 9.20. The molecule has 0 atom stereocenters. The molecule has 2 aromatic heterocycles. The Hall–Kier alpha value is -2.48. The molecule has 0 N–H and O–H groups in total. The van der Waals surface area contributed by atoms with Gasteiger partial charge in [0.15, 0.2) is 0 Å². The van der Waals surface area contributed by atoms with Gasteiger partial charge in [-0.1, -0.05) is 0 Å². The van der Waals surface area contributed by atoms with Crippen molar-refractivity contribution < 1.29 is 0 Å². The fraction of sp³-hybridized carbons (Fsp3) is 0.286. The largest absolute Gasteiger partial charge is 0.358 e. The summed E-state index contributed by atoms with van der Waals surface area (Å²) in [7, 11) is 1.93. The molecule has 0 aliphatic rings. The Balaban J connectivity index is 2.10. The quantitative estimate of drug-likeness (QED) is 0.830. The van der Waals surface area contributed by atoms with E-state index in [1.807, 2.05) is 31.0 Å². The van der Waals surface area contributed by atoms with E-state index in [9.17, 15) is 0 Å². The van der Waals surface area contributed by atoms with Gasteiger partial charge in [-0.3, -0.25) is 4.98 Å². The fourth-order valence-corrected chi connectivity index (χ4v) is 1.78. The zero-order chi connectivity index (χ0) is 13.7. The van der Waals surface area contributed by atoms with Gasteiger partial charge < -0.3 is 4.90 Å². The summed E-state index contributed by atoms with van der Waals surface area (Å²) in [6.45, 7) is 2.61. The average molecular weight is 253 g/mol. The Morgan fingerprint density at radius 1 is 1.32 bits per heavy atom. The van der Waals surface area contributed by atoms with Crippen LogP contribution in [0.15, 0.2) is 30.7 Å². The molecular weight excluding hydrogens is 238 g/mol. The summed E-state index contributed by atoms with van der Waals surface area (Å²) in [5.41, 5.74) is 1.72. The van der Waals surface area contributed by atoms with Crippen LogP contribution in [0, 0.1) is 18.3 Å². The van der Waals surface area contributed by atoms with Crippen LogP contribution in [0.1, 0.15) is 17.0 Å². The summed E-state index contributed by atoms with van der Waals surface area (Å²) in [4.78, 5) is 14.4. The highest BCUT2D eigenvalue weighted by atomic mass is 15.2. The molecule has 0 fully saturated rings. The van der Waals surface area contributed by atoms with Crippen LogP contribution in [-0.2, 0) is 6.42 Å². The highest BCUT2D eigenvalue weighted by molar-refractivity contribution is 5.52. The van der Waals surface area contributed by atoms with Crippen molar-refractivity contribution in [3.05, 3.63) is 47.7 Å². The van der Waals surface area contributed by atoms with Crippen molar-refractivity contribution >= 4 is 5.82 Å². The molecule has 5 heteroatoms. The minimum atomic E-state index is 0.503. The molecular formula is C14H15N5. The maximum absolute atomic E-state index is 9.08. The smallest absolute Gasteiger partial charge is 0.150 e. The molecule has 0 aliphatic heterocycles. The van der Waals surface area contributed by atoms with Gasteiger partial charge in [0.2, 0.25) is 0 Å². The SMILES string of the molecule is Cc1ncc(C#N)c(N(C)CCc2ccncc2)n1. The molecule has 0 bridgehead atoms. The van der Waals surface area contributed by atoms with E-state index in [1.165, 1.54) is 5.56 Å². The minimum Gasteiger partial charge on any atom is -0.358 e. The molecule has 2 heterocycles. The fourth-order valence-electron chi connectivity index (χ4n) is 1.78. The number of nitriles is 1. The summed E-state index contributed by atoms with van der Waals surface area (Å²) in [5.74, 6) is 1.36. The molecule has 5 nitrogen and oxygen atoms in total. The van der Waals surface area contributed by atoms with Gasteiger partial charge in [-0.25, -0.2) is 9.97 Å². The topological polar surface area (TPSA) is 65.7 Å². The molecule has 19 heavy (non-hydrogen) atoms. The van der Waals surface area contributed by atoms with Crippen molar-refractivity contribution in [2.75, 3.05) is 18.5 Å². The predicted molar refractivity (Wildman–Crippen MR) is 72.7 cm³/mol. The van der Waals surface area contributed by atoms with Crippen LogP contribution in [0.25, 0.3) is 0 Å². The third-order valence-corrected chi connectivity index (χ3v) is 2.86. The van der Waals surface area contributed by atoms with Crippen LogP contribution < -0.4 is 4.90 Å². The number of hydrogen-bond donors (Lipinski definition) is 0. The van der Waals surface area contributed by atoms with Crippen LogP contribution in [0.4, 0.5) is 5.82 Å². The first-order valence-electron chi connectivity index (χ1n) is 6.04. The lowest BCUT2D eigenvalue weighted by Gasteiger charge is -2.19. The molecule has 0 saturated heterocycles. The predicted octanol–water partition coefficient (Wildman–Crippen LogP) is 1.73. The minimum absolute atomic E-state index is 0.503. The molecule has 0 saturated carbocycles. The standard InChI is InChI=1S/C14H15N5/c1-11-17-10-13(9-15)14(18-11)19(2)8-5-12-3-6-16-7-4-12/h3-4,6-7,10H,5,8H2,1-2H3. The normalized spacial score (nSPS) is 9.95. The summed E-state index contributed by atoms with van der Waals surface area (Å²) < 4.78 is 0. The van der Waals surface area contributed by atoms with Crippen molar-refractivity contribution in [3.63, 3.8) is 0 Å². The summed E-state index contributed by atoms with van der Waals surface area (Å²) in [6.07, 6.45) is 6.02. The monoisotopic (exact) mass is 253 g/mol. The lowest BCUT2D eigenvalue weighted by molar-refractivity contribution is 0.844. The molecule has 2 aromatic rings. The number of aromatic nitrogens is 3. The molecule has 0 unspecified atom stereocenters. The molecule has 2 rings (SSSR count). The van der Waals surface area contributed by atoms with Crippen molar-refractivity contribution in [2.45, 2.75) is 13.3 Å². The first-order valence-corrected chi connectivity index (χ1v) is 6.04. The van der Waals surface area contributed by atoms with Gasteiger partial charge in [0.05, 0.1) is 6.20 Å². The van der Waals surface area contributed by atoms with Gasteiger partial charge in [0.1, 0.15) is 23.3 Å². The van der Waals surface area contributed by atoms with E-state index in [0.29, 0.717) is 17.2 Å². The number of hydrogen-bond acceptors (Lipinski definition) is 5. The van der Waals surface area contributed by atoms with Gasteiger partial charge in [0.25, 0.3) is 0 Å². The Labute approximate surface area is 112 Å². The highest BCUT2D eigenvalue weighted by Crippen LogP contribution is 2.15. The molecule has 0 amide bonds. The van der Waals surface area contributed by atoms with E-state index in [2.05, 4.69) is 21.0 Å². The lowest BCUT2D eigenvalue weighted by atomic mass is 10.2. The highest BCUT2D eigenvalue weighted by Gasteiger charge is 2.10. The zero-order valence-electron chi connectivity index (χ0n) is 11.0. The molecule has 0 radical (unpaired) electrons. The Morgan fingerprint density at radius 3 is 2.74 bits per heavy atom. The van der Waals surface area contributed by atoms with E-state index in [0.717, 1.165) is 13.0 Å². The van der Waals surface area contributed by atoms with E-state index in [1.54, 1.807) is 18.6 Å². The van der Waals surface area contributed by atoms with Crippen LogP contribution in [0.3, 0.4) is 0 Å². The molecule has 0 aromatic carbocycles. The second kappa shape index (κ2) is 5.91.